The van der Waals surface area contributed by atoms with Gasteiger partial charge < -0.3 is 9.88 Å². The van der Waals surface area contributed by atoms with Gasteiger partial charge in [0, 0.05) is 28.7 Å². The number of benzene rings is 1. The van der Waals surface area contributed by atoms with Crippen LogP contribution in [-0.4, -0.2) is 20.1 Å². The molecule has 0 aliphatic heterocycles. The maximum absolute atomic E-state index is 12.8. The standard InChI is InChI=1S/C18H17ClN4O2/c19-12-5-7-13(8-6-12)20-16(24)11-22-9-10-23-17(18(22)25)14-3-1-2-4-15(14)21-23/h5-10H,1-4,11H2,(H,20,24). The van der Waals surface area contributed by atoms with E-state index in [9.17, 15) is 9.59 Å². The molecule has 0 bridgehead atoms. The largest absolute Gasteiger partial charge is 0.325 e. The average Bonchev–Trinajstić information content (AvgIpc) is 2.99. The van der Waals surface area contributed by atoms with E-state index in [0.29, 0.717) is 16.2 Å². The van der Waals surface area contributed by atoms with Crippen LogP contribution in [-0.2, 0) is 24.2 Å². The quantitative estimate of drug-likeness (QED) is 0.784. The maximum atomic E-state index is 12.8. The van der Waals surface area contributed by atoms with Gasteiger partial charge in [0.2, 0.25) is 5.91 Å². The lowest BCUT2D eigenvalue weighted by Gasteiger charge is -2.10. The second kappa shape index (κ2) is 6.37. The van der Waals surface area contributed by atoms with E-state index in [1.165, 1.54) is 4.57 Å². The number of rotatable bonds is 3. The Kier molecular flexibility index (Phi) is 4.05. The Hall–Kier alpha value is -2.60. The third-order valence-electron chi connectivity index (χ3n) is 4.48. The lowest BCUT2D eigenvalue weighted by atomic mass is 9.97. The van der Waals surface area contributed by atoms with Gasteiger partial charge in [0.05, 0.1) is 5.69 Å². The smallest absolute Gasteiger partial charge is 0.277 e. The molecule has 1 N–H and O–H groups in total. The normalized spacial score (nSPS) is 13.6. The number of nitrogens with zero attached hydrogens (tertiary/aromatic N) is 3. The minimum atomic E-state index is -0.262. The Labute approximate surface area is 149 Å². The van der Waals surface area contributed by atoms with Gasteiger partial charge in [0.15, 0.2) is 0 Å². The second-order valence-corrected chi connectivity index (χ2v) is 6.65. The van der Waals surface area contributed by atoms with Crippen LogP contribution < -0.4 is 10.9 Å². The molecule has 0 atom stereocenters. The molecule has 128 valence electrons. The second-order valence-electron chi connectivity index (χ2n) is 6.21. The highest BCUT2D eigenvalue weighted by molar-refractivity contribution is 6.30. The molecular formula is C18H17ClN4O2. The number of hydrogen-bond donors (Lipinski definition) is 1. The molecule has 3 aromatic rings. The number of anilines is 1. The summed E-state index contributed by atoms with van der Waals surface area (Å²) in [5.41, 5.74) is 3.10. The molecule has 1 aliphatic carbocycles. The van der Waals surface area contributed by atoms with E-state index in [-0.39, 0.29) is 18.0 Å². The number of nitrogens with one attached hydrogen (secondary N) is 1. The molecule has 0 saturated carbocycles. The van der Waals surface area contributed by atoms with E-state index >= 15 is 0 Å². The molecule has 6 nitrogen and oxygen atoms in total. The van der Waals surface area contributed by atoms with Crippen LogP contribution in [0.15, 0.2) is 41.5 Å². The molecule has 4 rings (SSSR count). The molecular weight excluding hydrogens is 340 g/mol. The van der Waals surface area contributed by atoms with Gasteiger partial charge in [-0.1, -0.05) is 11.6 Å². The predicted octanol–water partition coefficient (Wildman–Crippen LogP) is 2.67. The summed E-state index contributed by atoms with van der Waals surface area (Å²) in [6.45, 7) is -0.0437. The zero-order chi connectivity index (χ0) is 17.4. The molecule has 2 aromatic heterocycles. The minimum absolute atomic E-state index is 0.0437. The Bertz CT molecular complexity index is 1000. The topological polar surface area (TPSA) is 68.4 Å². The van der Waals surface area contributed by atoms with Crippen LogP contribution in [0.4, 0.5) is 5.69 Å². The van der Waals surface area contributed by atoms with E-state index < -0.39 is 0 Å². The Morgan fingerprint density at radius 2 is 1.92 bits per heavy atom. The van der Waals surface area contributed by atoms with Crippen molar-refractivity contribution in [2.75, 3.05) is 5.32 Å². The van der Waals surface area contributed by atoms with E-state index in [4.69, 9.17) is 11.6 Å². The summed E-state index contributed by atoms with van der Waals surface area (Å²) in [7, 11) is 0. The van der Waals surface area contributed by atoms with E-state index in [2.05, 4.69) is 10.4 Å². The molecule has 25 heavy (non-hydrogen) atoms. The molecule has 1 amide bonds. The first-order valence-electron chi connectivity index (χ1n) is 8.27. The van der Waals surface area contributed by atoms with E-state index in [0.717, 1.165) is 36.9 Å². The van der Waals surface area contributed by atoms with Gasteiger partial charge in [0.1, 0.15) is 12.1 Å². The van der Waals surface area contributed by atoms with Gasteiger partial charge >= 0.3 is 0 Å². The number of amides is 1. The first kappa shape index (κ1) is 15.9. The number of aromatic nitrogens is 3. The summed E-state index contributed by atoms with van der Waals surface area (Å²) in [5.74, 6) is -0.262. The Morgan fingerprint density at radius 3 is 2.72 bits per heavy atom. The summed E-state index contributed by atoms with van der Waals surface area (Å²) in [6.07, 6.45) is 7.30. The summed E-state index contributed by atoms with van der Waals surface area (Å²) in [4.78, 5) is 25.1. The number of fused-ring (bicyclic) bond motifs is 3. The molecule has 1 aliphatic rings. The van der Waals surface area contributed by atoms with Crippen molar-refractivity contribution in [1.29, 1.82) is 0 Å². The average molecular weight is 357 g/mol. The molecule has 0 fully saturated rings. The molecule has 1 aromatic carbocycles. The summed E-state index contributed by atoms with van der Waals surface area (Å²) in [6, 6.07) is 6.85. The van der Waals surface area contributed by atoms with Crippen LogP contribution in [0, 0.1) is 0 Å². The van der Waals surface area contributed by atoms with Gasteiger partial charge in [-0.15, -0.1) is 0 Å². The highest BCUT2D eigenvalue weighted by atomic mass is 35.5. The predicted molar refractivity (Wildman–Crippen MR) is 96.2 cm³/mol. The van der Waals surface area contributed by atoms with Crippen molar-refractivity contribution < 1.29 is 4.79 Å². The first-order valence-corrected chi connectivity index (χ1v) is 8.64. The maximum Gasteiger partial charge on any atom is 0.277 e. The van der Waals surface area contributed by atoms with Crippen LogP contribution >= 0.6 is 11.6 Å². The number of hydrogen-bond acceptors (Lipinski definition) is 3. The van der Waals surface area contributed by atoms with Crippen LogP contribution in [0.1, 0.15) is 24.1 Å². The van der Waals surface area contributed by atoms with Crippen molar-refractivity contribution in [2.45, 2.75) is 32.2 Å². The third kappa shape index (κ3) is 3.05. The Balaban J connectivity index is 1.61. The van der Waals surface area contributed by atoms with Crippen LogP contribution in [0.3, 0.4) is 0 Å². The fraction of sp³-hybridized carbons (Fsp3) is 0.278. The highest BCUT2D eigenvalue weighted by Crippen LogP contribution is 2.22. The summed E-state index contributed by atoms with van der Waals surface area (Å²) in [5, 5.41) is 7.87. The lowest BCUT2D eigenvalue weighted by Crippen LogP contribution is -2.28. The fourth-order valence-corrected chi connectivity index (χ4v) is 3.39. The monoisotopic (exact) mass is 356 g/mol. The number of carbonyl (C=O) groups is 1. The SMILES string of the molecule is O=C(Cn1ccn2nc3c(c2c1=O)CCCC3)Nc1ccc(Cl)cc1. The highest BCUT2D eigenvalue weighted by Gasteiger charge is 2.20. The molecule has 7 heteroatoms. The molecule has 0 saturated heterocycles. The molecule has 0 spiro atoms. The molecule has 2 heterocycles. The zero-order valence-corrected chi connectivity index (χ0v) is 14.3. The van der Waals surface area contributed by atoms with Crippen LogP contribution in [0.2, 0.25) is 5.02 Å². The van der Waals surface area contributed by atoms with E-state index in [1.807, 2.05) is 0 Å². The van der Waals surface area contributed by atoms with Crippen molar-refractivity contribution in [3.05, 3.63) is 63.3 Å². The summed E-state index contributed by atoms with van der Waals surface area (Å²) < 4.78 is 3.07. The lowest BCUT2D eigenvalue weighted by molar-refractivity contribution is -0.116. The fourth-order valence-electron chi connectivity index (χ4n) is 3.27. The van der Waals surface area contributed by atoms with Gasteiger partial charge in [0.25, 0.3) is 5.56 Å². The van der Waals surface area contributed by atoms with Crippen molar-refractivity contribution in [3.63, 3.8) is 0 Å². The van der Waals surface area contributed by atoms with Crippen LogP contribution in [0.5, 0.6) is 0 Å². The first-order chi connectivity index (χ1) is 12.1. The Morgan fingerprint density at radius 1 is 1.16 bits per heavy atom. The van der Waals surface area contributed by atoms with Crippen molar-refractivity contribution in [2.24, 2.45) is 0 Å². The van der Waals surface area contributed by atoms with Crippen molar-refractivity contribution >= 4 is 28.7 Å². The van der Waals surface area contributed by atoms with Gasteiger partial charge in [-0.3, -0.25) is 9.59 Å². The van der Waals surface area contributed by atoms with Gasteiger partial charge in [-0.2, -0.15) is 5.10 Å². The van der Waals surface area contributed by atoms with Gasteiger partial charge in [-0.25, -0.2) is 4.52 Å². The zero-order valence-electron chi connectivity index (χ0n) is 13.5. The van der Waals surface area contributed by atoms with Crippen molar-refractivity contribution in [3.8, 4) is 0 Å². The number of aryl methyl sites for hydroxylation is 2. The van der Waals surface area contributed by atoms with Crippen molar-refractivity contribution in [1.82, 2.24) is 14.2 Å². The number of carbonyl (C=O) groups excluding carboxylic acids is 1. The van der Waals surface area contributed by atoms with E-state index in [1.54, 1.807) is 41.2 Å². The third-order valence-corrected chi connectivity index (χ3v) is 4.73. The summed E-state index contributed by atoms with van der Waals surface area (Å²) >= 11 is 5.84. The molecule has 0 unspecified atom stereocenters. The molecule has 0 radical (unpaired) electrons. The number of halogens is 1. The van der Waals surface area contributed by atoms with Gasteiger partial charge in [-0.05, 0) is 49.9 Å². The van der Waals surface area contributed by atoms with Crippen LogP contribution in [0.25, 0.3) is 5.52 Å². The minimum Gasteiger partial charge on any atom is -0.325 e.